The number of anilines is 1. The van der Waals surface area contributed by atoms with E-state index < -0.39 is 17.3 Å². The fourth-order valence-corrected chi connectivity index (χ4v) is 3.53. The molecule has 0 unspecified atom stereocenters. The summed E-state index contributed by atoms with van der Waals surface area (Å²) in [6, 6.07) is 14.5. The lowest BCUT2D eigenvalue weighted by molar-refractivity contribution is -0.137. The van der Waals surface area contributed by atoms with Gasteiger partial charge in [-0.3, -0.25) is 4.79 Å². The number of alkyl halides is 3. The normalized spacial score (nSPS) is 16.6. The average Bonchev–Trinajstić information content (AvgIpc) is 2.67. The molecule has 27 heavy (non-hydrogen) atoms. The van der Waals surface area contributed by atoms with E-state index in [1.165, 1.54) is 12.1 Å². The van der Waals surface area contributed by atoms with Crippen molar-refractivity contribution >= 4 is 11.6 Å². The molecule has 2 N–H and O–H groups in total. The van der Waals surface area contributed by atoms with Crippen LogP contribution in [0.4, 0.5) is 18.9 Å². The highest BCUT2D eigenvalue weighted by Gasteiger charge is 2.39. The van der Waals surface area contributed by atoms with E-state index in [0.29, 0.717) is 25.1 Å². The van der Waals surface area contributed by atoms with Crippen LogP contribution >= 0.6 is 0 Å². The molecule has 1 aliphatic rings. The fraction of sp³-hybridized carbons (Fsp3) is 0.381. The first-order valence-corrected chi connectivity index (χ1v) is 9.17. The Hall–Kier alpha value is -2.50. The maximum Gasteiger partial charge on any atom is 0.416 e. The molecule has 0 saturated heterocycles. The molecule has 1 aliphatic carbocycles. The first-order chi connectivity index (χ1) is 12.9. The maximum atomic E-state index is 13.0. The molecule has 0 atom stereocenters. The Morgan fingerprint density at radius 3 is 2.15 bits per heavy atom. The van der Waals surface area contributed by atoms with Gasteiger partial charge in [-0.1, -0.05) is 49.6 Å². The van der Waals surface area contributed by atoms with E-state index in [0.717, 1.165) is 37.0 Å². The molecule has 0 heterocycles. The molecular formula is C21H23F3N2O. The number of benzene rings is 2. The van der Waals surface area contributed by atoms with Crippen LogP contribution in [0.3, 0.4) is 0 Å². The van der Waals surface area contributed by atoms with Gasteiger partial charge in [0.1, 0.15) is 5.54 Å². The average molecular weight is 376 g/mol. The van der Waals surface area contributed by atoms with Gasteiger partial charge in [0.05, 0.1) is 5.56 Å². The summed E-state index contributed by atoms with van der Waals surface area (Å²) in [7, 11) is 0. The summed E-state index contributed by atoms with van der Waals surface area (Å²) in [5, 5.41) is 6.21. The van der Waals surface area contributed by atoms with E-state index in [4.69, 9.17) is 0 Å². The second-order valence-electron chi connectivity index (χ2n) is 7.01. The smallest absolute Gasteiger partial charge is 0.371 e. The number of hydrogen-bond donors (Lipinski definition) is 2. The number of rotatable bonds is 5. The summed E-state index contributed by atoms with van der Waals surface area (Å²) >= 11 is 0. The van der Waals surface area contributed by atoms with Crippen molar-refractivity contribution in [3.8, 4) is 0 Å². The Bertz CT molecular complexity index is 751. The number of nitrogens with one attached hydrogen (secondary N) is 2. The van der Waals surface area contributed by atoms with Crippen LogP contribution < -0.4 is 10.6 Å². The molecule has 3 rings (SSSR count). The number of halogens is 3. The van der Waals surface area contributed by atoms with Gasteiger partial charge in [0.2, 0.25) is 5.91 Å². The second-order valence-corrected chi connectivity index (χ2v) is 7.01. The zero-order valence-corrected chi connectivity index (χ0v) is 15.0. The molecule has 0 aromatic heterocycles. The van der Waals surface area contributed by atoms with Crippen LogP contribution in [0.25, 0.3) is 0 Å². The highest BCUT2D eigenvalue weighted by atomic mass is 19.4. The minimum atomic E-state index is -4.37. The van der Waals surface area contributed by atoms with Crippen LogP contribution in [-0.4, -0.2) is 11.4 Å². The Balaban J connectivity index is 1.73. The van der Waals surface area contributed by atoms with Crippen molar-refractivity contribution < 1.29 is 18.0 Å². The van der Waals surface area contributed by atoms with Crippen LogP contribution in [0.5, 0.6) is 0 Å². The van der Waals surface area contributed by atoms with Crippen molar-refractivity contribution in [2.75, 3.05) is 5.32 Å². The summed E-state index contributed by atoms with van der Waals surface area (Å²) < 4.78 is 38.3. The molecule has 0 spiro atoms. The molecular weight excluding hydrogens is 353 g/mol. The van der Waals surface area contributed by atoms with Crippen molar-refractivity contribution in [2.24, 2.45) is 0 Å². The van der Waals surface area contributed by atoms with Gasteiger partial charge in [-0.05, 0) is 42.7 Å². The number of amides is 1. The van der Waals surface area contributed by atoms with E-state index in [9.17, 15) is 18.0 Å². The lowest BCUT2D eigenvalue weighted by atomic mass is 9.80. The summed E-state index contributed by atoms with van der Waals surface area (Å²) in [4.78, 5) is 13.0. The number of carbonyl (C=O) groups is 1. The molecule has 1 amide bonds. The molecule has 0 aliphatic heterocycles. The van der Waals surface area contributed by atoms with Crippen LogP contribution in [-0.2, 0) is 17.5 Å². The molecule has 2 aromatic rings. The third kappa shape index (κ3) is 4.81. The first kappa shape index (κ1) is 19.3. The summed E-state index contributed by atoms with van der Waals surface area (Å²) in [6.07, 6.45) is -0.168. The van der Waals surface area contributed by atoms with Crippen LogP contribution in [0.2, 0.25) is 0 Å². The van der Waals surface area contributed by atoms with Crippen LogP contribution in [0.1, 0.15) is 43.2 Å². The van der Waals surface area contributed by atoms with Crippen molar-refractivity contribution in [1.29, 1.82) is 0 Å². The quantitative estimate of drug-likeness (QED) is 0.759. The van der Waals surface area contributed by atoms with Gasteiger partial charge in [0.15, 0.2) is 0 Å². The molecule has 1 saturated carbocycles. The van der Waals surface area contributed by atoms with Crippen molar-refractivity contribution in [3.05, 3.63) is 65.7 Å². The van der Waals surface area contributed by atoms with Gasteiger partial charge < -0.3 is 10.6 Å². The minimum absolute atomic E-state index is 0.106. The number of carbonyl (C=O) groups excluding carboxylic acids is 1. The topological polar surface area (TPSA) is 41.1 Å². The highest BCUT2D eigenvalue weighted by Crippen LogP contribution is 2.34. The molecule has 2 aromatic carbocycles. The molecule has 3 nitrogen and oxygen atoms in total. The Morgan fingerprint density at radius 1 is 0.926 bits per heavy atom. The predicted molar refractivity (Wildman–Crippen MR) is 99.2 cm³/mol. The highest BCUT2D eigenvalue weighted by molar-refractivity contribution is 5.89. The molecule has 6 heteroatoms. The number of hydrogen-bond acceptors (Lipinski definition) is 2. The van der Waals surface area contributed by atoms with E-state index in [-0.39, 0.29) is 5.91 Å². The zero-order valence-electron chi connectivity index (χ0n) is 15.0. The monoisotopic (exact) mass is 376 g/mol. The molecule has 144 valence electrons. The summed E-state index contributed by atoms with van der Waals surface area (Å²) in [5.74, 6) is -0.106. The van der Waals surface area contributed by atoms with E-state index in [2.05, 4.69) is 10.6 Å². The van der Waals surface area contributed by atoms with Gasteiger partial charge in [-0.2, -0.15) is 13.2 Å². The third-order valence-corrected chi connectivity index (χ3v) is 5.03. The first-order valence-electron chi connectivity index (χ1n) is 9.17. The van der Waals surface area contributed by atoms with E-state index >= 15 is 0 Å². The largest absolute Gasteiger partial charge is 0.416 e. The molecule has 0 bridgehead atoms. The van der Waals surface area contributed by atoms with Gasteiger partial charge in [0, 0.05) is 12.2 Å². The fourth-order valence-electron chi connectivity index (χ4n) is 3.53. The van der Waals surface area contributed by atoms with Crippen molar-refractivity contribution in [2.45, 2.75) is 50.4 Å². The van der Waals surface area contributed by atoms with Crippen molar-refractivity contribution in [3.63, 3.8) is 0 Å². The molecule has 0 radical (unpaired) electrons. The van der Waals surface area contributed by atoms with E-state index in [1.54, 1.807) is 0 Å². The third-order valence-electron chi connectivity index (χ3n) is 5.03. The zero-order chi connectivity index (χ0) is 19.3. The van der Waals surface area contributed by atoms with E-state index in [1.807, 2.05) is 30.3 Å². The van der Waals surface area contributed by atoms with Crippen LogP contribution in [0.15, 0.2) is 54.6 Å². The van der Waals surface area contributed by atoms with Crippen LogP contribution in [0, 0.1) is 0 Å². The second kappa shape index (κ2) is 8.03. The standard InChI is InChI=1S/C21H23F3N2O/c22-21(23,24)17-9-11-18(12-10-17)26-20(13-5-2-6-14-20)19(27)25-15-16-7-3-1-4-8-16/h1,3-4,7-12,26H,2,5-6,13-15H2,(H,25,27). The lowest BCUT2D eigenvalue weighted by Gasteiger charge is -2.37. The Morgan fingerprint density at radius 2 is 1.56 bits per heavy atom. The maximum absolute atomic E-state index is 13.0. The Labute approximate surface area is 157 Å². The van der Waals surface area contributed by atoms with Gasteiger partial charge in [-0.25, -0.2) is 0 Å². The summed E-state index contributed by atoms with van der Waals surface area (Å²) in [6.45, 7) is 0.427. The minimum Gasteiger partial charge on any atom is -0.371 e. The summed E-state index contributed by atoms with van der Waals surface area (Å²) in [5.41, 5.74) is 0.0534. The van der Waals surface area contributed by atoms with Gasteiger partial charge in [-0.15, -0.1) is 0 Å². The predicted octanol–water partition coefficient (Wildman–Crippen LogP) is 5.14. The Kier molecular flexibility index (Phi) is 5.73. The molecule has 1 fully saturated rings. The van der Waals surface area contributed by atoms with Crippen molar-refractivity contribution in [1.82, 2.24) is 5.32 Å². The lowest BCUT2D eigenvalue weighted by Crippen LogP contribution is -2.53. The SMILES string of the molecule is O=C(NCc1ccccc1)C1(Nc2ccc(C(F)(F)F)cc2)CCCCC1. The van der Waals surface area contributed by atoms with Gasteiger partial charge in [0.25, 0.3) is 0 Å². The van der Waals surface area contributed by atoms with Gasteiger partial charge >= 0.3 is 6.18 Å².